The molecule has 0 fully saturated rings. The number of fused-ring (bicyclic) bond motifs is 2. The van der Waals surface area contributed by atoms with Crippen LogP contribution in [-0.2, 0) is 19.1 Å². The number of halogens is 2. The average Bonchev–Trinajstić information content (AvgIpc) is 3.24. The highest BCUT2D eigenvalue weighted by Gasteiger charge is 2.35. The number of methoxy groups -OCH3 is 3. The number of rotatable bonds is 6. The Morgan fingerprint density at radius 2 is 1.44 bits per heavy atom. The molecule has 1 atom stereocenters. The monoisotopic (exact) mass is 696 g/mol. The van der Waals surface area contributed by atoms with E-state index in [1.165, 1.54) is 47.1 Å². The molecule has 1 aliphatic heterocycles. The van der Waals surface area contributed by atoms with Crippen LogP contribution < -0.4 is 14.2 Å². The van der Waals surface area contributed by atoms with E-state index in [2.05, 4.69) is 6.58 Å². The number of carbonyl (C=O) groups excluding carboxylic acids is 4. The highest BCUT2D eigenvalue weighted by molar-refractivity contribution is 6.39. The second-order valence-corrected chi connectivity index (χ2v) is 11.2. The summed E-state index contributed by atoms with van der Waals surface area (Å²) in [7, 11) is 4.12. The van der Waals surface area contributed by atoms with Gasteiger partial charge in [0.15, 0.2) is 34.5 Å². The number of aromatic hydroxyl groups is 2. The highest BCUT2D eigenvalue weighted by atomic mass is 35.5. The third-order valence-electron chi connectivity index (χ3n) is 7.74. The maximum absolute atomic E-state index is 12.7. The molecule has 250 valence electrons. The van der Waals surface area contributed by atoms with Gasteiger partial charge < -0.3 is 33.9 Å². The minimum atomic E-state index is -0.835. The number of carbonyl (C=O) groups is 4. The van der Waals surface area contributed by atoms with Crippen LogP contribution in [0.1, 0.15) is 48.9 Å². The van der Waals surface area contributed by atoms with Crippen LogP contribution >= 0.6 is 23.2 Å². The van der Waals surface area contributed by atoms with Gasteiger partial charge in [-0.25, -0.2) is 9.59 Å². The molecule has 0 bridgehead atoms. The van der Waals surface area contributed by atoms with Crippen molar-refractivity contribution in [3.05, 3.63) is 104 Å². The van der Waals surface area contributed by atoms with E-state index in [9.17, 15) is 29.4 Å². The summed E-state index contributed by atoms with van der Waals surface area (Å²) < 4.78 is 25.9. The molecule has 11 nitrogen and oxygen atoms in total. The summed E-state index contributed by atoms with van der Waals surface area (Å²) in [5, 5.41) is 20.1. The molecule has 2 aliphatic rings. The van der Waals surface area contributed by atoms with Crippen molar-refractivity contribution in [3.8, 4) is 34.5 Å². The van der Waals surface area contributed by atoms with Crippen molar-refractivity contribution in [2.24, 2.45) is 0 Å². The zero-order valence-corrected chi connectivity index (χ0v) is 28.2. The Kier molecular flexibility index (Phi) is 10.6. The third-order valence-corrected chi connectivity index (χ3v) is 8.55. The maximum atomic E-state index is 12.7. The smallest absolute Gasteiger partial charge is 0.347 e. The Balaban J connectivity index is 0.000000224. The van der Waals surface area contributed by atoms with Gasteiger partial charge in [0.05, 0.1) is 26.4 Å². The number of allylic oxidation sites excluding steroid dienone is 4. The number of benzene rings is 3. The van der Waals surface area contributed by atoms with Crippen LogP contribution in [0.3, 0.4) is 0 Å². The van der Waals surface area contributed by atoms with Gasteiger partial charge in [-0.1, -0.05) is 41.4 Å². The summed E-state index contributed by atoms with van der Waals surface area (Å²) >= 11 is 12.2. The third kappa shape index (κ3) is 6.34. The predicted molar refractivity (Wildman–Crippen MR) is 176 cm³/mol. The topological polar surface area (TPSA) is 155 Å². The molecular weight excluding hydrogens is 667 g/mol. The normalized spacial score (nSPS) is 14.0. The van der Waals surface area contributed by atoms with Gasteiger partial charge in [-0.3, -0.25) is 9.59 Å². The van der Waals surface area contributed by atoms with Crippen molar-refractivity contribution in [1.82, 2.24) is 0 Å². The number of esters is 2. The fourth-order valence-electron chi connectivity index (χ4n) is 5.10. The molecule has 13 heteroatoms. The SMILES string of the molecule is C=CC(C1=CC(=O)C(OC)=CC1=O)c1ccc(OC)cc1.COC(=O)c1c(C)c2c(c(C)c1O)OC(=O)c1c(C)c(Cl)c(O)c(Cl)c1O2. The molecule has 0 saturated carbocycles. The van der Waals surface area contributed by atoms with Crippen LogP contribution in [0.5, 0.6) is 34.5 Å². The van der Waals surface area contributed by atoms with Crippen LogP contribution in [0.4, 0.5) is 0 Å². The van der Waals surface area contributed by atoms with Crippen molar-refractivity contribution in [2.75, 3.05) is 21.3 Å². The molecule has 2 N–H and O–H groups in total. The van der Waals surface area contributed by atoms with E-state index in [4.69, 9.17) is 46.9 Å². The van der Waals surface area contributed by atoms with Crippen molar-refractivity contribution >= 4 is 46.7 Å². The van der Waals surface area contributed by atoms with Crippen molar-refractivity contribution in [2.45, 2.75) is 26.7 Å². The van der Waals surface area contributed by atoms with Gasteiger partial charge in [0.2, 0.25) is 5.78 Å². The lowest BCUT2D eigenvalue weighted by Gasteiger charge is -2.18. The number of hydrogen-bond donors (Lipinski definition) is 2. The van der Waals surface area contributed by atoms with E-state index in [-0.39, 0.29) is 78.4 Å². The fourth-order valence-corrected chi connectivity index (χ4v) is 5.56. The Morgan fingerprint density at radius 3 is 2.00 bits per heavy atom. The zero-order valence-electron chi connectivity index (χ0n) is 26.7. The van der Waals surface area contributed by atoms with E-state index >= 15 is 0 Å². The maximum Gasteiger partial charge on any atom is 0.347 e. The molecular formula is C35H30Cl2O11. The first-order valence-electron chi connectivity index (χ1n) is 14.1. The summed E-state index contributed by atoms with van der Waals surface area (Å²) in [5.41, 5.74) is 1.52. The molecule has 0 radical (unpaired) electrons. The van der Waals surface area contributed by atoms with Gasteiger partial charge in [-0.15, -0.1) is 6.58 Å². The lowest BCUT2D eigenvalue weighted by molar-refractivity contribution is -0.117. The van der Waals surface area contributed by atoms with E-state index in [0.717, 1.165) is 11.3 Å². The molecule has 1 heterocycles. The Hall–Kier alpha value is -5.26. The molecule has 3 aromatic rings. The number of phenolic OH excluding ortho intramolecular Hbond substituents is 2. The Bertz CT molecular complexity index is 1940. The number of ether oxygens (including phenoxy) is 5. The molecule has 1 aliphatic carbocycles. The van der Waals surface area contributed by atoms with Crippen LogP contribution in [-0.4, -0.2) is 55.0 Å². The second-order valence-electron chi connectivity index (χ2n) is 10.4. The van der Waals surface area contributed by atoms with Crippen LogP contribution in [0.15, 0.2) is 60.4 Å². The molecule has 0 aromatic heterocycles. The molecule has 0 spiro atoms. The van der Waals surface area contributed by atoms with Crippen molar-refractivity contribution in [3.63, 3.8) is 0 Å². The van der Waals surface area contributed by atoms with Gasteiger partial charge in [-0.2, -0.15) is 0 Å². The standard InChI is InChI=1S/C18H14Cl2O7.C17H16O4/c1-5-9-16(11(20)13(22)10(5)19)26-14-6(2)8(17(23)25-4)12(21)7(3)15(14)27-18(9)24;1-4-13(11-5-7-12(20-2)8-6-11)14-9-16(19)17(21-3)10-15(14)18/h21-22H,1-4H3;4-10,13H,1H2,2-3H3. The molecule has 1 unspecified atom stereocenters. The minimum Gasteiger partial charge on any atom is -0.507 e. The number of hydrogen-bond acceptors (Lipinski definition) is 11. The van der Waals surface area contributed by atoms with E-state index in [0.29, 0.717) is 5.57 Å². The Labute approximate surface area is 285 Å². The fraction of sp³-hybridized carbons (Fsp3) is 0.200. The lowest BCUT2D eigenvalue weighted by Crippen LogP contribution is -2.18. The van der Waals surface area contributed by atoms with E-state index < -0.39 is 23.4 Å². The van der Waals surface area contributed by atoms with Gasteiger partial charge >= 0.3 is 11.9 Å². The lowest BCUT2D eigenvalue weighted by atomic mass is 9.85. The molecule has 3 aromatic carbocycles. The van der Waals surface area contributed by atoms with Gasteiger partial charge in [0.25, 0.3) is 0 Å². The van der Waals surface area contributed by atoms with Crippen molar-refractivity contribution in [1.29, 1.82) is 0 Å². The Morgan fingerprint density at radius 1 is 0.812 bits per heavy atom. The predicted octanol–water partition coefficient (Wildman–Crippen LogP) is 7.01. The molecule has 0 amide bonds. The van der Waals surface area contributed by atoms with E-state index in [1.807, 2.05) is 12.1 Å². The average molecular weight is 698 g/mol. The summed E-state index contributed by atoms with van der Waals surface area (Å²) in [4.78, 5) is 48.8. The van der Waals surface area contributed by atoms with Gasteiger partial charge in [0, 0.05) is 28.7 Å². The van der Waals surface area contributed by atoms with E-state index in [1.54, 1.807) is 25.3 Å². The first kappa shape index (κ1) is 35.6. The van der Waals surface area contributed by atoms with Crippen LogP contribution in [0.2, 0.25) is 10.0 Å². The first-order chi connectivity index (χ1) is 22.7. The minimum absolute atomic E-state index is 0.0131. The summed E-state index contributed by atoms with van der Waals surface area (Å²) in [6, 6.07) is 7.30. The summed E-state index contributed by atoms with van der Waals surface area (Å²) in [6.45, 7) is 8.20. The first-order valence-corrected chi connectivity index (χ1v) is 14.8. The van der Waals surface area contributed by atoms with Crippen LogP contribution in [0, 0.1) is 20.8 Å². The summed E-state index contributed by atoms with van der Waals surface area (Å²) in [5.74, 6) is -2.86. The molecule has 48 heavy (non-hydrogen) atoms. The van der Waals surface area contributed by atoms with Gasteiger partial charge in [-0.05, 0) is 50.1 Å². The number of phenols is 2. The van der Waals surface area contributed by atoms with Gasteiger partial charge in [0.1, 0.15) is 27.6 Å². The highest BCUT2D eigenvalue weighted by Crippen LogP contribution is 2.52. The largest absolute Gasteiger partial charge is 0.507 e. The van der Waals surface area contributed by atoms with Crippen LogP contribution in [0.25, 0.3) is 0 Å². The molecule has 5 rings (SSSR count). The molecule has 0 saturated heterocycles. The second kappa shape index (κ2) is 14.2. The zero-order chi connectivity index (χ0) is 35.6. The number of ketones is 2. The van der Waals surface area contributed by atoms with Crippen molar-refractivity contribution < 1.29 is 53.1 Å². The summed E-state index contributed by atoms with van der Waals surface area (Å²) in [6.07, 6.45) is 4.18. The quantitative estimate of drug-likeness (QED) is 0.118.